The number of hydrogen-bond acceptors (Lipinski definition) is 2. The van der Waals surface area contributed by atoms with Crippen molar-refractivity contribution in [2.24, 2.45) is 0 Å². The molecule has 1 rings (SSSR count). The molecule has 10 heavy (non-hydrogen) atoms. The van der Waals surface area contributed by atoms with Crippen molar-refractivity contribution in [1.29, 1.82) is 0 Å². The molecule has 2 nitrogen and oxygen atoms in total. The van der Waals surface area contributed by atoms with Gasteiger partial charge in [0.1, 0.15) is 0 Å². The van der Waals surface area contributed by atoms with Gasteiger partial charge >= 0.3 is 0 Å². The molecule has 0 saturated heterocycles. The molecule has 0 aromatic carbocycles. The van der Waals surface area contributed by atoms with Gasteiger partial charge in [0.05, 0.1) is 0 Å². The van der Waals surface area contributed by atoms with Crippen LogP contribution < -0.4 is 5.48 Å². The molecule has 0 unspecified atom stereocenters. The smallest absolute Gasteiger partial charge is 0.192 e. The van der Waals surface area contributed by atoms with Crippen LogP contribution in [0.5, 0.6) is 0 Å². The highest BCUT2D eigenvalue weighted by molar-refractivity contribution is 5.40. The first-order valence-electron chi connectivity index (χ1n) is 3.24. The van der Waals surface area contributed by atoms with Crippen LogP contribution in [-0.2, 0) is 4.84 Å². The quantitative estimate of drug-likeness (QED) is 0.460. The summed E-state index contributed by atoms with van der Waals surface area (Å²) in [6.07, 6.45) is 1.92. The van der Waals surface area contributed by atoms with E-state index in [9.17, 15) is 0 Å². The van der Waals surface area contributed by atoms with E-state index in [-0.39, 0.29) is 0 Å². The lowest BCUT2D eigenvalue weighted by Gasteiger charge is -2.03. The van der Waals surface area contributed by atoms with Crippen LogP contribution in [-0.4, -0.2) is 7.05 Å². The molecule has 0 spiro atoms. The fourth-order valence-corrected chi connectivity index (χ4v) is 0.777. The fourth-order valence-electron chi connectivity index (χ4n) is 0.777. The Hall–Kier alpha value is -0.980. The third-order valence-corrected chi connectivity index (χ3v) is 1.56. The Kier molecular flexibility index (Phi) is 1.95. The molecule has 0 aromatic rings. The molecule has 0 aliphatic heterocycles. The second kappa shape index (κ2) is 2.74. The van der Waals surface area contributed by atoms with Crippen LogP contribution in [0.4, 0.5) is 0 Å². The minimum Gasteiger partial charge on any atom is -0.400 e. The van der Waals surface area contributed by atoms with Gasteiger partial charge in [-0.3, -0.25) is 0 Å². The van der Waals surface area contributed by atoms with E-state index in [1.54, 1.807) is 7.05 Å². The Morgan fingerprint density at radius 2 is 2.20 bits per heavy atom. The van der Waals surface area contributed by atoms with Crippen molar-refractivity contribution in [2.75, 3.05) is 7.05 Å². The third-order valence-electron chi connectivity index (χ3n) is 1.56. The standard InChI is InChI=1S/C8H11NO/c1-6-4-5-8(7(6)2)10-9-3/h4,9H,1-3H3. The van der Waals surface area contributed by atoms with E-state index in [1.807, 2.05) is 19.9 Å². The van der Waals surface area contributed by atoms with Gasteiger partial charge in [0.25, 0.3) is 0 Å². The van der Waals surface area contributed by atoms with Gasteiger partial charge < -0.3 is 4.84 Å². The van der Waals surface area contributed by atoms with Gasteiger partial charge in [-0.1, -0.05) is 5.73 Å². The molecule has 0 heterocycles. The zero-order chi connectivity index (χ0) is 7.56. The Balaban J connectivity index is 2.74. The topological polar surface area (TPSA) is 21.3 Å². The molecule has 0 saturated carbocycles. The highest BCUT2D eigenvalue weighted by Crippen LogP contribution is 2.19. The first-order valence-corrected chi connectivity index (χ1v) is 3.24. The first-order chi connectivity index (χ1) is 4.75. The molecular formula is C8H11NO. The van der Waals surface area contributed by atoms with Crippen LogP contribution >= 0.6 is 0 Å². The molecule has 0 radical (unpaired) electrons. The Labute approximate surface area is 60.8 Å². The summed E-state index contributed by atoms with van der Waals surface area (Å²) in [4.78, 5) is 5.05. The minimum absolute atomic E-state index is 0.792. The monoisotopic (exact) mass is 137 g/mol. The molecule has 0 aromatic heterocycles. The summed E-state index contributed by atoms with van der Waals surface area (Å²) in [6, 6.07) is 0. The van der Waals surface area contributed by atoms with E-state index in [4.69, 9.17) is 4.84 Å². The summed E-state index contributed by atoms with van der Waals surface area (Å²) in [5, 5.41) is 0. The number of hydrogen-bond donors (Lipinski definition) is 1. The number of nitrogens with one attached hydrogen (secondary N) is 1. The summed E-state index contributed by atoms with van der Waals surface area (Å²) >= 11 is 0. The van der Waals surface area contributed by atoms with Crippen LogP contribution in [0.3, 0.4) is 0 Å². The van der Waals surface area contributed by atoms with Crippen molar-refractivity contribution in [2.45, 2.75) is 13.8 Å². The summed E-state index contributed by atoms with van der Waals surface area (Å²) in [7, 11) is 1.73. The van der Waals surface area contributed by atoms with Crippen LogP contribution in [0, 0.1) is 0 Å². The predicted octanol–water partition coefficient (Wildman–Crippen LogP) is 1.53. The lowest BCUT2D eigenvalue weighted by molar-refractivity contribution is 0.134. The van der Waals surface area contributed by atoms with Crippen molar-refractivity contribution >= 4 is 0 Å². The van der Waals surface area contributed by atoms with Crippen molar-refractivity contribution in [1.82, 2.24) is 5.48 Å². The summed E-state index contributed by atoms with van der Waals surface area (Å²) in [6.45, 7) is 4.05. The second-order valence-corrected chi connectivity index (χ2v) is 2.23. The van der Waals surface area contributed by atoms with E-state index >= 15 is 0 Å². The molecule has 1 aliphatic carbocycles. The maximum absolute atomic E-state index is 5.05. The van der Waals surface area contributed by atoms with Crippen LogP contribution in [0.1, 0.15) is 13.8 Å². The largest absolute Gasteiger partial charge is 0.400 e. The zero-order valence-electron chi connectivity index (χ0n) is 6.49. The molecule has 2 heteroatoms. The summed E-state index contributed by atoms with van der Waals surface area (Å²) in [5.74, 6) is 0.792. The molecular weight excluding hydrogens is 126 g/mol. The molecule has 0 fully saturated rings. The average molecular weight is 137 g/mol. The van der Waals surface area contributed by atoms with Gasteiger partial charge in [-0.05, 0) is 25.5 Å². The highest BCUT2D eigenvalue weighted by Gasteiger charge is 2.06. The lowest BCUT2D eigenvalue weighted by Crippen LogP contribution is -2.06. The zero-order valence-corrected chi connectivity index (χ0v) is 6.49. The fraction of sp³-hybridized carbons (Fsp3) is 0.375. The van der Waals surface area contributed by atoms with Crippen molar-refractivity contribution in [3.05, 3.63) is 28.7 Å². The summed E-state index contributed by atoms with van der Waals surface area (Å²) < 4.78 is 0. The van der Waals surface area contributed by atoms with Crippen molar-refractivity contribution in [3.63, 3.8) is 0 Å². The number of hydroxylamine groups is 1. The van der Waals surface area contributed by atoms with E-state index in [2.05, 4.69) is 11.2 Å². The first kappa shape index (κ1) is 7.13. The van der Waals surface area contributed by atoms with Crippen molar-refractivity contribution < 1.29 is 4.84 Å². The summed E-state index contributed by atoms with van der Waals surface area (Å²) in [5.41, 5.74) is 7.96. The normalized spacial score (nSPS) is 16.1. The van der Waals surface area contributed by atoms with Gasteiger partial charge in [-0.2, -0.15) is 5.48 Å². The van der Waals surface area contributed by atoms with E-state index in [0.29, 0.717) is 0 Å². The number of allylic oxidation sites excluding steroid dienone is 2. The van der Waals surface area contributed by atoms with Gasteiger partial charge in [0.2, 0.25) is 0 Å². The Bertz CT molecular complexity index is 232. The Morgan fingerprint density at radius 1 is 1.50 bits per heavy atom. The second-order valence-electron chi connectivity index (χ2n) is 2.23. The van der Waals surface area contributed by atoms with Crippen LogP contribution in [0.2, 0.25) is 0 Å². The highest BCUT2D eigenvalue weighted by atomic mass is 16.6. The van der Waals surface area contributed by atoms with Gasteiger partial charge in [-0.15, -0.1) is 0 Å². The van der Waals surface area contributed by atoms with Crippen LogP contribution in [0.15, 0.2) is 28.7 Å². The van der Waals surface area contributed by atoms with Crippen molar-refractivity contribution in [3.8, 4) is 0 Å². The van der Waals surface area contributed by atoms with E-state index < -0.39 is 0 Å². The molecule has 1 aliphatic rings. The van der Waals surface area contributed by atoms with E-state index in [1.165, 1.54) is 5.57 Å². The Morgan fingerprint density at radius 3 is 2.60 bits per heavy atom. The van der Waals surface area contributed by atoms with E-state index in [0.717, 1.165) is 11.3 Å². The minimum atomic E-state index is 0.792. The van der Waals surface area contributed by atoms with Gasteiger partial charge in [0.15, 0.2) is 5.76 Å². The number of rotatable bonds is 2. The predicted molar refractivity (Wildman–Crippen MR) is 40.1 cm³/mol. The molecule has 54 valence electrons. The molecule has 0 bridgehead atoms. The maximum Gasteiger partial charge on any atom is 0.192 e. The lowest BCUT2D eigenvalue weighted by atomic mass is 10.2. The third kappa shape index (κ3) is 1.13. The van der Waals surface area contributed by atoms with Gasteiger partial charge in [0, 0.05) is 12.6 Å². The molecule has 1 N–H and O–H groups in total. The average Bonchev–Trinajstić information content (AvgIpc) is 2.20. The molecule has 0 atom stereocenters. The maximum atomic E-state index is 5.05. The van der Waals surface area contributed by atoms with Gasteiger partial charge in [-0.25, -0.2) is 0 Å². The van der Waals surface area contributed by atoms with Crippen LogP contribution in [0.25, 0.3) is 0 Å². The SMILES string of the molecule is CNOC1=C=CC(C)=C1C. The molecule has 0 amide bonds.